The van der Waals surface area contributed by atoms with Gasteiger partial charge in [0.25, 0.3) is 5.91 Å². The third kappa shape index (κ3) is 3.99. The number of benzene rings is 1. The van der Waals surface area contributed by atoms with Crippen molar-refractivity contribution in [3.63, 3.8) is 0 Å². The molecule has 8 heteroatoms. The summed E-state index contributed by atoms with van der Waals surface area (Å²) in [6, 6.07) is 2.66. The van der Waals surface area contributed by atoms with E-state index in [0.29, 0.717) is 0 Å². The van der Waals surface area contributed by atoms with E-state index in [1.54, 1.807) is 0 Å². The number of aliphatic hydroxyl groups excluding tert-OH is 1. The molecule has 1 atom stereocenters. The third-order valence-electron chi connectivity index (χ3n) is 2.21. The lowest BCUT2D eigenvalue weighted by Crippen LogP contribution is -2.36. The summed E-state index contributed by atoms with van der Waals surface area (Å²) in [5.41, 5.74) is 0.133. The van der Waals surface area contributed by atoms with Crippen LogP contribution in [-0.4, -0.2) is 41.8 Å². The van der Waals surface area contributed by atoms with Crippen LogP contribution in [0, 0.1) is 0 Å². The SMILES string of the molecule is COc1c(Cl)cc(C(=O)NCC(O)C(=O)O)cc1Cl. The van der Waals surface area contributed by atoms with E-state index in [9.17, 15) is 9.59 Å². The molecule has 0 aliphatic rings. The summed E-state index contributed by atoms with van der Waals surface area (Å²) < 4.78 is 4.93. The number of nitrogens with one attached hydrogen (secondary N) is 1. The van der Waals surface area contributed by atoms with Gasteiger partial charge in [-0.2, -0.15) is 0 Å². The monoisotopic (exact) mass is 307 g/mol. The second-order valence-corrected chi connectivity index (χ2v) is 4.35. The predicted octanol–water partition coefficient (Wildman–Crippen LogP) is 1.18. The van der Waals surface area contributed by atoms with Crippen LogP contribution < -0.4 is 10.1 Å². The lowest BCUT2D eigenvalue weighted by Gasteiger charge is -2.10. The molecule has 0 fully saturated rings. The van der Waals surface area contributed by atoms with Crippen LogP contribution in [0.1, 0.15) is 10.4 Å². The minimum atomic E-state index is -1.67. The van der Waals surface area contributed by atoms with Crippen LogP contribution in [0.3, 0.4) is 0 Å². The molecule has 1 aromatic carbocycles. The minimum absolute atomic E-state index is 0.133. The zero-order valence-electron chi connectivity index (χ0n) is 9.81. The molecule has 1 aromatic rings. The predicted molar refractivity (Wildman–Crippen MR) is 69.0 cm³/mol. The standard InChI is InChI=1S/C11H11Cl2NO5/c1-19-9-6(12)2-5(3-7(9)13)10(16)14-4-8(15)11(17)18/h2-3,8,15H,4H2,1H3,(H,14,16)(H,17,18). The van der Waals surface area contributed by atoms with Gasteiger partial charge < -0.3 is 20.3 Å². The van der Waals surface area contributed by atoms with Crippen LogP contribution in [0.4, 0.5) is 0 Å². The molecular formula is C11H11Cl2NO5. The molecule has 0 saturated carbocycles. The molecule has 0 spiro atoms. The fraction of sp³-hybridized carbons (Fsp3) is 0.273. The first-order valence-corrected chi connectivity index (χ1v) is 5.84. The summed E-state index contributed by atoms with van der Waals surface area (Å²) >= 11 is 11.7. The number of rotatable bonds is 5. The van der Waals surface area contributed by atoms with Crippen LogP contribution in [-0.2, 0) is 4.79 Å². The van der Waals surface area contributed by atoms with Crippen molar-refractivity contribution in [3.8, 4) is 5.75 Å². The molecule has 0 heterocycles. The average Bonchev–Trinajstić information content (AvgIpc) is 2.34. The number of methoxy groups -OCH3 is 1. The Balaban J connectivity index is 2.81. The van der Waals surface area contributed by atoms with E-state index in [1.165, 1.54) is 19.2 Å². The molecule has 104 valence electrons. The second kappa shape index (κ2) is 6.60. The number of carboxylic acids is 1. The highest BCUT2D eigenvalue weighted by molar-refractivity contribution is 6.37. The van der Waals surface area contributed by atoms with Gasteiger partial charge in [-0.05, 0) is 12.1 Å². The van der Waals surface area contributed by atoms with Crippen molar-refractivity contribution < 1.29 is 24.5 Å². The summed E-state index contributed by atoms with van der Waals surface area (Å²) in [4.78, 5) is 22.1. The van der Waals surface area contributed by atoms with Crippen molar-refractivity contribution in [1.29, 1.82) is 0 Å². The molecule has 0 aliphatic carbocycles. The van der Waals surface area contributed by atoms with Crippen molar-refractivity contribution in [2.75, 3.05) is 13.7 Å². The maximum Gasteiger partial charge on any atom is 0.334 e. The van der Waals surface area contributed by atoms with E-state index in [1.807, 2.05) is 0 Å². The molecule has 6 nitrogen and oxygen atoms in total. The van der Waals surface area contributed by atoms with Crippen molar-refractivity contribution in [2.24, 2.45) is 0 Å². The van der Waals surface area contributed by atoms with Gasteiger partial charge in [0.05, 0.1) is 23.7 Å². The molecule has 1 amide bonds. The van der Waals surface area contributed by atoms with Crippen LogP contribution in [0.2, 0.25) is 10.0 Å². The number of ether oxygens (including phenoxy) is 1. The van der Waals surface area contributed by atoms with Gasteiger partial charge in [0, 0.05) is 5.56 Å². The molecule has 19 heavy (non-hydrogen) atoms. The lowest BCUT2D eigenvalue weighted by molar-refractivity contribution is -0.146. The second-order valence-electron chi connectivity index (χ2n) is 3.54. The van der Waals surface area contributed by atoms with Crippen LogP contribution in [0.15, 0.2) is 12.1 Å². The van der Waals surface area contributed by atoms with Gasteiger partial charge in [-0.1, -0.05) is 23.2 Å². The van der Waals surface area contributed by atoms with Crippen LogP contribution in [0.5, 0.6) is 5.75 Å². The van der Waals surface area contributed by atoms with E-state index in [-0.39, 0.29) is 21.4 Å². The van der Waals surface area contributed by atoms with Gasteiger partial charge in [0.2, 0.25) is 0 Å². The lowest BCUT2D eigenvalue weighted by atomic mass is 10.2. The Labute approximate surface area is 118 Å². The molecule has 1 unspecified atom stereocenters. The largest absolute Gasteiger partial charge is 0.494 e. The highest BCUT2D eigenvalue weighted by atomic mass is 35.5. The number of aliphatic carboxylic acids is 1. The zero-order chi connectivity index (χ0) is 14.6. The van der Waals surface area contributed by atoms with Crippen LogP contribution in [0.25, 0.3) is 0 Å². The Hall–Kier alpha value is -1.50. The summed E-state index contributed by atoms with van der Waals surface area (Å²) in [6.45, 7) is -0.421. The first-order valence-electron chi connectivity index (χ1n) is 5.09. The quantitative estimate of drug-likeness (QED) is 0.759. The molecule has 3 N–H and O–H groups in total. The van der Waals surface area contributed by atoms with E-state index in [4.69, 9.17) is 38.2 Å². The normalized spacial score (nSPS) is 11.8. The molecule has 0 saturated heterocycles. The summed E-state index contributed by atoms with van der Waals surface area (Å²) in [5.74, 6) is -1.79. The topological polar surface area (TPSA) is 95.9 Å². The zero-order valence-corrected chi connectivity index (χ0v) is 11.3. The highest BCUT2D eigenvalue weighted by Crippen LogP contribution is 2.33. The number of hydrogen-bond acceptors (Lipinski definition) is 4. The average molecular weight is 308 g/mol. The van der Waals surface area contributed by atoms with E-state index >= 15 is 0 Å². The minimum Gasteiger partial charge on any atom is -0.494 e. The Kier molecular flexibility index (Phi) is 5.41. The number of carbonyl (C=O) groups excluding carboxylic acids is 1. The number of carboxylic acid groups (broad SMARTS) is 1. The fourth-order valence-corrected chi connectivity index (χ4v) is 1.91. The molecular weight excluding hydrogens is 297 g/mol. The third-order valence-corrected chi connectivity index (χ3v) is 2.77. The smallest absolute Gasteiger partial charge is 0.334 e. The molecule has 1 rings (SSSR count). The molecule has 0 aliphatic heterocycles. The van der Waals surface area contributed by atoms with Crippen LogP contribution >= 0.6 is 23.2 Å². The number of hydrogen-bond donors (Lipinski definition) is 3. The number of carbonyl (C=O) groups is 2. The number of amides is 1. The summed E-state index contributed by atoms with van der Waals surface area (Å²) in [5, 5.41) is 20.0. The van der Waals surface area contributed by atoms with Crippen molar-refractivity contribution in [3.05, 3.63) is 27.7 Å². The first kappa shape index (κ1) is 15.6. The summed E-state index contributed by atoms with van der Waals surface area (Å²) in [6.07, 6.45) is -1.67. The maximum atomic E-state index is 11.7. The highest BCUT2D eigenvalue weighted by Gasteiger charge is 2.17. The van der Waals surface area contributed by atoms with Gasteiger partial charge >= 0.3 is 5.97 Å². The Morgan fingerprint density at radius 2 is 1.89 bits per heavy atom. The van der Waals surface area contributed by atoms with Crippen molar-refractivity contribution in [2.45, 2.75) is 6.10 Å². The van der Waals surface area contributed by atoms with Crippen molar-refractivity contribution >= 4 is 35.1 Å². The van der Waals surface area contributed by atoms with Gasteiger partial charge in [0.15, 0.2) is 11.9 Å². The first-order chi connectivity index (χ1) is 8.86. The van der Waals surface area contributed by atoms with Gasteiger partial charge in [-0.3, -0.25) is 4.79 Å². The molecule has 0 radical (unpaired) electrons. The molecule has 0 bridgehead atoms. The van der Waals surface area contributed by atoms with E-state index in [0.717, 1.165) is 0 Å². The maximum absolute atomic E-state index is 11.7. The van der Waals surface area contributed by atoms with E-state index in [2.05, 4.69) is 5.32 Å². The van der Waals surface area contributed by atoms with Crippen molar-refractivity contribution in [1.82, 2.24) is 5.32 Å². The molecule has 0 aromatic heterocycles. The summed E-state index contributed by atoms with van der Waals surface area (Å²) in [7, 11) is 1.38. The Morgan fingerprint density at radius 3 is 2.32 bits per heavy atom. The number of aliphatic hydroxyl groups is 1. The fourth-order valence-electron chi connectivity index (χ4n) is 1.26. The van der Waals surface area contributed by atoms with E-state index < -0.39 is 24.5 Å². The number of halogens is 2. The van der Waals surface area contributed by atoms with Gasteiger partial charge in [-0.15, -0.1) is 0 Å². The van der Waals surface area contributed by atoms with Gasteiger partial charge in [0.1, 0.15) is 0 Å². The Bertz CT molecular complexity index is 483. The van der Waals surface area contributed by atoms with Gasteiger partial charge in [-0.25, -0.2) is 4.79 Å². The Morgan fingerprint density at radius 1 is 1.37 bits per heavy atom.